The van der Waals surface area contributed by atoms with Crippen LogP contribution in [0.3, 0.4) is 0 Å². The summed E-state index contributed by atoms with van der Waals surface area (Å²) in [6.07, 6.45) is 4.25. The molecule has 0 fully saturated rings. The Morgan fingerprint density at radius 3 is 2.56 bits per heavy atom. The number of hydrogen-bond donors (Lipinski definition) is 0. The molecule has 0 unspecified atom stereocenters. The van der Waals surface area contributed by atoms with Crippen LogP contribution in [-0.4, -0.2) is 35.0 Å². The molecule has 32 heavy (non-hydrogen) atoms. The molecule has 4 rings (SSSR count). The number of nitrogens with zero attached hydrogens (tertiary/aromatic N) is 4. The lowest BCUT2D eigenvalue weighted by molar-refractivity contribution is -0.125. The molecule has 0 atom stereocenters. The summed E-state index contributed by atoms with van der Waals surface area (Å²) in [7, 11) is 1.73. The van der Waals surface area contributed by atoms with Crippen LogP contribution in [0.5, 0.6) is 0 Å². The topological polar surface area (TPSA) is 58.4 Å². The standard InChI is InChI=1S/C25H27BrN4O2/c1-25(2,3)24(32)30-11-10-18-12-19(26)22(13-21(18)30)28(4)23(31)20-15-29(16-27-20)14-17-8-6-5-7-9-17/h5-9,12-13,15-16H,10-11,14H2,1-4H3. The lowest BCUT2D eigenvalue weighted by Crippen LogP contribution is -2.38. The van der Waals surface area contributed by atoms with Crippen molar-refractivity contribution in [3.05, 3.63) is 76.3 Å². The molecule has 1 aromatic heterocycles. The van der Waals surface area contributed by atoms with Gasteiger partial charge in [0.25, 0.3) is 5.91 Å². The molecule has 0 N–H and O–H groups in total. The normalized spacial score (nSPS) is 13.2. The Morgan fingerprint density at radius 2 is 1.88 bits per heavy atom. The first-order chi connectivity index (χ1) is 15.1. The van der Waals surface area contributed by atoms with E-state index in [1.54, 1.807) is 24.5 Å². The first kappa shape index (κ1) is 22.3. The van der Waals surface area contributed by atoms with Crippen molar-refractivity contribution < 1.29 is 9.59 Å². The molecule has 2 heterocycles. The van der Waals surface area contributed by atoms with Gasteiger partial charge in [-0.05, 0) is 45.6 Å². The zero-order chi connectivity index (χ0) is 23.0. The Kier molecular flexibility index (Phi) is 5.95. The van der Waals surface area contributed by atoms with Crippen LogP contribution in [-0.2, 0) is 17.8 Å². The molecule has 0 saturated carbocycles. The summed E-state index contributed by atoms with van der Waals surface area (Å²) in [4.78, 5) is 33.9. The molecular formula is C25H27BrN4O2. The van der Waals surface area contributed by atoms with Crippen molar-refractivity contribution in [1.82, 2.24) is 9.55 Å². The molecule has 0 spiro atoms. The highest BCUT2D eigenvalue weighted by Gasteiger charge is 2.33. The molecule has 1 aliphatic heterocycles. The van der Waals surface area contributed by atoms with Gasteiger partial charge in [0.15, 0.2) is 0 Å². The zero-order valence-corrected chi connectivity index (χ0v) is 20.4. The fourth-order valence-electron chi connectivity index (χ4n) is 3.90. The number of carbonyl (C=O) groups is 2. The number of fused-ring (bicyclic) bond motifs is 1. The number of benzene rings is 2. The summed E-state index contributed by atoms with van der Waals surface area (Å²) in [6, 6.07) is 14.0. The Bertz CT molecular complexity index is 1160. The van der Waals surface area contributed by atoms with Crippen LogP contribution in [0.2, 0.25) is 0 Å². The minimum atomic E-state index is -0.470. The quantitative estimate of drug-likeness (QED) is 0.517. The average molecular weight is 495 g/mol. The number of aromatic nitrogens is 2. The molecule has 0 radical (unpaired) electrons. The number of imidazole rings is 1. The third-order valence-electron chi connectivity index (χ3n) is 5.66. The van der Waals surface area contributed by atoms with Crippen molar-refractivity contribution in [2.45, 2.75) is 33.7 Å². The van der Waals surface area contributed by atoms with E-state index in [9.17, 15) is 9.59 Å². The van der Waals surface area contributed by atoms with Crippen molar-refractivity contribution in [2.24, 2.45) is 5.41 Å². The highest BCUT2D eigenvalue weighted by atomic mass is 79.9. The number of amides is 2. The third-order valence-corrected chi connectivity index (χ3v) is 6.29. The zero-order valence-electron chi connectivity index (χ0n) is 18.8. The second-order valence-electron chi connectivity index (χ2n) is 9.17. The first-order valence-electron chi connectivity index (χ1n) is 10.6. The SMILES string of the molecule is CN(C(=O)c1cn(Cc2ccccc2)cn1)c1cc2c(cc1Br)CCN2C(=O)C(C)(C)C. The fraction of sp³-hybridized carbons (Fsp3) is 0.320. The summed E-state index contributed by atoms with van der Waals surface area (Å²) in [6.45, 7) is 7.08. The van der Waals surface area contributed by atoms with Crippen molar-refractivity contribution in [1.29, 1.82) is 0 Å². The van der Waals surface area contributed by atoms with Gasteiger partial charge in [-0.3, -0.25) is 9.59 Å². The molecule has 2 amide bonds. The van der Waals surface area contributed by atoms with E-state index in [1.807, 2.05) is 72.7 Å². The molecule has 166 valence electrons. The van der Waals surface area contributed by atoms with Crippen molar-refractivity contribution in [3.8, 4) is 0 Å². The smallest absolute Gasteiger partial charge is 0.278 e. The number of carbonyl (C=O) groups excluding carboxylic acids is 2. The van der Waals surface area contributed by atoms with E-state index in [1.165, 1.54) is 0 Å². The van der Waals surface area contributed by atoms with Gasteiger partial charge in [-0.15, -0.1) is 0 Å². The molecule has 6 nitrogen and oxygen atoms in total. The number of anilines is 2. The average Bonchev–Trinajstić information content (AvgIpc) is 3.38. The van der Waals surface area contributed by atoms with Gasteiger partial charge < -0.3 is 14.4 Å². The van der Waals surface area contributed by atoms with Crippen LogP contribution in [0.4, 0.5) is 11.4 Å². The van der Waals surface area contributed by atoms with Gasteiger partial charge in [-0.2, -0.15) is 0 Å². The number of hydrogen-bond acceptors (Lipinski definition) is 3. The summed E-state index contributed by atoms with van der Waals surface area (Å²) >= 11 is 3.61. The van der Waals surface area contributed by atoms with Crippen molar-refractivity contribution in [2.75, 3.05) is 23.4 Å². The lowest BCUT2D eigenvalue weighted by atomic mass is 9.94. The van der Waals surface area contributed by atoms with E-state index in [0.29, 0.717) is 24.5 Å². The second kappa shape index (κ2) is 8.54. The summed E-state index contributed by atoms with van der Waals surface area (Å²) < 4.78 is 2.72. The van der Waals surface area contributed by atoms with E-state index in [2.05, 4.69) is 20.9 Å². The van der Waals surface area contributed by atoms with Crippen molar-refractivity contribution in [3.63, 3.8) is 0 Å². The van der Waals surface area contributed by atoms with Crippen LogP contribution >= 0.6 is 15.9 Å². The van der Waals surface area contributed by atoms with Gasteiger partial charge in [0, 0.05) is 41.9 Å². The molecule has 7 heteroatoms. The van der Waals surface area contributed by atoms with Crippen LogP contribution in [0.15, 0.2) is 59.5 Å². The Morgan fingerprint density at radius 1 is 1.16 bits per heavy atom. The molecular weight excluding hydrogens is 468 g/mol. The summed E-state index contributed by atoms with van der Waals surface area (Å²) in [5.41, 5.74) is 3.73. The van der Waals surface area contributed by atoms with Crippen LogP contribution in [0.1, 0.15) is 42.4 Å². The highest BCUT2D eigenvalue weighted by molar-refractivity contribution is 9.10. The van der Waals surface area contributed by atoms with Crippen LogP contribution in [0, 0.1) is 5.41 Å². The van der Waals surface area contributed by atoms with E-state index >= 15 is 0 Å². The summed E-state index contributed by atoms with van der Waals surface area (Å²) in [5.74, 6) is -0.123. The van der Waals surface area contributed by atoms with Gasteiger partial charge in [-0.25, -0.2) is 4.98 Å². The Labute approximate surface area is 197 Å². The van der Waals surface area contributed by atoms with Crippen molar-refractivity contribution >= 4 is 39.1 Å². The highest BCUT2D eigenvalue weighted by Crippen LogP contribution is 2.39. The first-order valence-corrected chi connectivity index (χ1v) is 11.4. The maximum Gasteiger partial charge on any atom is 0.278 e. The van der Waals surface area contributed by atoms with E-state index in [4.69, 9.17) is 0 Å². The Balaban J connectivity index is 1.58. The maximum absolute atomic E-state index is 13.2. The van der Waals surface area contributed by atoms with Crippen LogP contribution < -0.4 is 9.80 Å². The van der Waals surface area contributed by atoms with Gasteiger partial charge in [0.2, 0.25) is 5.91 Å². The molecule has 3 aromatic rings. The lowest BCUT2D eigenvalue weighted by Gasteiger charge is -2.27. The minimum absolute atomic E-state index is 0.0816. The van der Waals surface area contributed by atoms with Crippen LogP contribution in [0.25, 0.3) is 0 Å². The number of halogens is 1. The van der Waals surface area contributed by atoms with E-state index in [-0.39, 0.29) is 11.8 Å². The molecule has 0 saturated heterocycles. The Hall–Kier alpha value is -2.93. The third kappa shape index (κ3) is 4.35. The maximum atomic E-state index is 13.2. The fourth-order valence-corrected chi connectivity index (χ4v) is 4.56. The molecule has 2 aromatic carbocycles. The molecule has 0 bridgehead atoms. The van der Waals surface area contributed by atoms with E-state index in [0.717, 1.165) is 27.7 Å². The van der Waals surface area contributed by atoms with Gasteiger partial charge in [-0.1, -0.05) is 51.1 Å². The number of rotatable bonds is 4. The summed E-state index contributed by atoms with van der Waals surface area (Å²) in [5, 5.41) is 0. The predicted molar refractivity (Wildman–Crippen MR) is 130 cm³/mol. The van der Waals surface area contributed by atoms with Gasteiger partial charge >= 0.3 is 0 Å². The monoisotopic (exact) mass is 494 g/mol. The predicted octanol–water partition coefficient (Wildman–Crippen LogP) is 4.91. The van der Waals surface area contributed by atoms with E-state index < -0.39 is 5.41 Å². The van der Waals surface area contributed by atoms with Gasteiger partial charge in [0.05, 0.1) is 12.0 Å². The molecule has 1 aliphatic rings. The largest absolute Gasteiger partial charge is 0.332 e. The molecule has 0 aliphatic carbocycles. The second-order valence-corrected chi connectivity index (χ2v) is 10.0. The minimum Gasteiger partial charge on any atom is -0.332 e. The van der Waals surface area contributed by atoms with Gasteiger partial charge in [0.1, 0.15) is 5.69 Å².